The first-order valence-corrected chi connectivity index (χ1v) is 24.9. The van der Waals surface area contributed by atoms with Crippen molar-refractivity contribution in [1.82, 2.24) is 0 Å². The van der Waals surface area contributed by atoms with Gasteiger partial charge in [-0.15, -0.1) is 0 Å². The molecule has 0 radical (unpaired) electrons. The predicted molar refractivity (Wildman–Crippen MR) is 190 cm³/mol. The molecule has 3 aliphatic carbocycles. The molecule has 0 heterocycles. The molecular formula is C39H70Si2. The first-order valence-electron chi connectivity index (χ1n) is 17.7. The van der Waals surface area contributed by atoms with Crippen LogP contribution in [-0.2, 0) is 10.8 Å². The number of hydrogen-bond acceptors (Lipinski definition) is 0. The standard InChI is InChI=1S/C39H70Si2/c1-26-21-33-31(29-23-34(38(6,7)8)27(2)35(24-29)39(9,10)11)17-16-18-32(33)36(26)41(14,15)40(12,13)30-20-19-28(22-30)25-37(3,4)5/h23-24,26,28,30-33,36H,16-22,25H2,1-15H3. The van der Waals surface area contributed by atoms with Crippen LogP contribution in [0, 0.1) is 36.0 Å². The highest BCUT2D eigenvalue weighted by molar-refractivity contribution is 7.41. The number of benzene rings is 1. The van der Waals surface area contributed by atoms with E-state index in [2.05, 4.69) is 114 Å². The second kappa shape index (κ2) is 11.2. The molecule has 3 fully saturated rings. The lowest BCUT2D eigenvalue weighted by atomic mass is 9.68. The van der Waals surface area contributed by atoms with Gasteiger partial charge in [-0.05, 0) is 105 Å². The maximum atomic E-state index is 2.91. The highest BCUT2D eigenvalue weighted by Gasteiger charge is 2.59. The van der Waals surface area contributed by atoms with Crippen molar-refractivity contribution in [3.63, 3.8) is 0 Å². The zero-order valence-corrected chi connectivity index (χ0v) is 32.4. The summed E-state index contributed by atoms with van der Waals surface area (Å²) in [5.41, 5.74) is 9.41. The van der Waals surface area contributed by atoms with Gasteiger partial charge in [-0.1, -0.05) is 140 Å². The van der Waals surface area contributed by atoms with E-state index in [1.54, 1.807) is 35.1 Å². The Kier molecular flexibility index (Phi) is 9.18. The van der Waals surface area contributed by atoms with Gasteiger partial charge in [-0.25, -0.2) is 0 Å². The molecule has 4 rings (SSSR count). The molecule has 0 saturated heterocycles. The van der Waals surface area contributed by atoms with E-state index in [9.17, 15) is 0 Å². The van der Waals surface area contributed by atoms with Crippen molar-refractivity contribution < 1.29 is 0 Å². The minimum absolute atomic E-state index is 0.191. The Morgan fingerprint density at radius 2 is 1.27 bits per heavy atom. The molecule has 7 unspecified atom stereocenters. The monoisotopic (exact) mass is 595 g/mol. The van der Waals surface area contributed by atoms with Gasteiger partial charge in [0.1, 0.15) is 0 Å². The fraction of sp³-hybridized carbons (Fsp3) is 0.846. The van der Waals surface area contributed by atoms with Gasteiger partial charge < -0.3 is 0 Å². The summed E-state index contributed by atoms with van der Waals surface area (Å²) in [6.07, 6.45) is 11.9. The number of rotatable bonds is 5. The van der Waals surface area contributed by atoms with Gasteiger partial charge in [0.05, 0.1) is 0 Å². The molecule has 234 valence electrons. The lowest BCUT2D eigenvalue weighted by Gasteiger charge is -2.51. The average Bonchev–Trinajstić information content (AvgIpc) is 3.40. The van der Waals surface area contributed by atoms with Gasteiger partial charge in [0, 0.05) is 15.2 Å². The first kappa shape index (κ1) is 33.5. The maximum Gasteiger partial charge on any atom is 0.0451 e. The SMILES string of the molecule is Cc1c(C(C)(C)C)cc(C2CCCC3C2CC(C)C3[Si](C)(C)[Si](C)(C)C2CCC(CC(C)(C)C)C2)cc1C(C)(C)C. The van der Waals surface area contributed by atoms with Crippen molar-refractivity contribution in [3.8, 4) is 0 Å². The van der Waals surface area contributed by atoms with Gasteiger partial charge in [0.25, 0.3) is 0 Å². The quantitative estimate of drug-likeness (QED) is 0.297. The van der Waals surface area contributed by atoms with E-state index in [0.717, 1.165) is 40.7 Å². The molecular weight excluding hydrogens is 525 g/mol. The molecule has 2 heteroatoms. The van der Waals surface area contributed by atoms with E-state index >= 15 is 0 Å². The molecule has 0 nitrogen and oxygen atoms in total. The van der Waals surface area contributed by atoms with E-state index in [0.29, 0.717) is 5.41 Å². The topological polar surface area (TPSA) is 0 Å². The van der Waals surface area contributed by atoms with Crippen LogP contribution in [0.1, 0.15) is 149 Å². The minimum atomic E-state index is -1.40. The zero-order chi connectivity index (χ0) is 30.9. The van der Waals surface area contributed by atoms with Gasteiger partial charge in [0.2, 0.25) is 0 Å². The number of fused-ring (bicyclic) bond motifs is 1. The summed E-state index contributed by atoms with van der Waals surface area (Å²) >= 11 is 0. The van der Waals surface area contributed by atoms with Gasteiger partial charge in [0.15, 0.2) is 0 Å². The van der Waals surface area contributed by atoms with Crippen LogP contribution >= 0.6 is 0 Å². The minimum Gasteiger partial charge on any atom is -0.0711 e. The average molecular weight is 595 g/mol. The third-order valence-electron chi connectivity index (χ3n) is 13.3. The molecule has 1 aromatic carbocycles. The molecule has 0 bridgehead atoms. The van der Waals surface area contributed by atoms with Crippen molar-refractivity contribution in [2.45, 2.75) is 182 Å². The normalized spacial score (nSPS) is 31.9. The Balaban J connectivity index is 1.65. The van der Waals surface area contributed by atoms with Crippen LogP contribution in [0.4, 0.5) is 0 Å². The van der Waals surface area contributed by atoms with Crippen LogP contribution in [0.25, 0.3) is 0 Å². The van der Waals surface area contributed by atoms with E-state index < -0.39 is 15.2 Å². The Labute approximate surface area is 259 Å². The molecule has 3 saturated carbocycles. The molecule has 41 heavy (non-hydrogen) atoms. The second-order valence-corrected chi connectivity index (χ2v) is 36.0. The van der Waals surface area contributed by atoms with Gasteiger partial charge in [-0.3, -0.25) is 0 Å². The summed E-state index contributed by atoms with van der Waals surface area (Å²) in [6, 6.07) is 5.37. The molecule has 1 aromatic rings. The zero-order valence-electron chi connectivity index (χ0n) is 30.4. The predicted octanol–water partition coefficient (Wildman–Crippen LogP) is 12.6. The molecule has 0 aromatic heterocycles. The van der Waals surface area contributed by atoms with Crippen molar-refractivity contribution in [2.24, 2.45) is 29.1 Å². The summed E-state index contributed by atoms with van der Waals surface area (Å²) < 4.78 is 0. The second-order valence-electron chi connectivity index (χ2n) is 19.9. The Hall–Kier alpha value is -0.346. The molecule has 0 spiro atoms. The Bertz CT molecular complexity index is 1040. The molecule has 0 amide bonds. The highest BCUT2D eigenvalue weighted by Crippen LogP contribution is 2.63. The highest BCUT2D eigenvalue weighted by atomic mass is 29.3. The van der Waals surface area contributed by atoms with E-state index in [1.165, 1.54) is 38.5 Å². The van der Waals surface area contributed by atoms with E-state index in [1.807, 2.05) is 0 Å². The largest absolute Gasteiger partial charge is 0.0711 e. The van der Waals surface area contributed by atoms with Gasteiger partial charge in [-0.2, -0.15) is 0 Å². The van der Waals surface area contributed by atoms with Crippen LogP contribution < -0.4 is 0 Å². The lowest BCUT2D eigenvalue weighted by molar-refractivity contribution is 0.236. The molecule has 7 atom stereocenters. The van der Waals surface area contributed by atoms with Crippen LogP contribution in [0.3, 0.4) is 0 Å². The fourth-order valence-electron chi connectivity index (χ4n) is 11.0. The molecule has 0 aliphatic heterocycles. The molecule has 0 N–H and O–H groups in total. The fourth-order valence-corrected chi connectivity index (χ4v) is 25.8. The van der Waals surface area contributed by atoms with Crippen LogP contribution in [0.5, 0.6) is 0 Å². The summed E-state index contributed by atoms with van der Waals surface area (Å²) in [4.78, 5) is 0. The van der Waals surface area contributed by atoms with Gasteiger partial charge >= 0.3 is 0 Å². The van der Waals surface area contributed by atoms with Crippen LogP contribution in [-0.4, -0.2) is 15.2 Å². The summed E-state index contributed by atoms with van der Waals surface area (Å²) in [6.45, 7) is 38.6. The number of hydrogen-bond donors (Lipinski definition) is 0. The third kappa shape index (κ3) is 6.55. The summed E-state index contributed by atoms with van der Waals surface area (Å²) in [7, 11) is -2.74. The van der Waals surface area contributed by atoms with Crippen molar-refractivity contribution >= 4 is 15.2 Å². The van der Waals surface area contributed by atoms with Crippen molar-refractivity contribution in [1.29, 1.82) is 0 Å². The van der Waals surface area contributed by atoms with Crippen molar-refractivity contribution in [2.75, 3.05) is 0 Å². The van der Waals surface area contributed by atoms with Crippen molar-refractivity contribution in [3.05, 3.63) is 34.4 Å². The van der Waals surface area contributed by atoms with Crippen LogP contribution in [0.2, 0.25) is 37.3 Å². The summed E-state index contributed by atoms with van der Waals surface area (Å²) in [5, 5.41) is 0. The van der Waals surface area contributed by atoms with Crippen LogP contribution in [0.15, 0.2) is 12.1 Å². The first-order chi connectivity index (χ1) is 18.6. The Morgan fingerprint density at radius 1 is 0.707 bits per heavy atom. The maximum absolute atomic E-state index is 2.91. The van der Waals surface area contributed by atoms with E-state index in [-0.39, 0.29) is 10.8 Å². The third-order valence-corrected chi connectivity index (χ3v) is 34.0. The van der Waals surface area contributed by atoms with E-state index in [4.69, 9.17) is 0 Å². The molecule has 3 aliphatic rings. The smallest absolute Gasteiger partial charge is 0.0451 e. The Morgan fingerprint density at radius 3 is 1.78 bits per heavy atom. The summed E-state index contributed by atoms with van der Waals surface area (Å²) in [5.74, 6) is 4.55. The lowest BCUT2D eigenvalue weighted by Crippen LogP contribution is -2.62.